The highest BCUT2D eigenvalue weighted by Gasteiger charge is 2.62. The van der Waals surface area contributed by atoms with E-state index in [0.29, 0.717) is 24.0 Å². The van der Waals surface area contributed by atoms with Gasteiger partial charge in [-0.05, 0) is 67.7 Å². The number of carbonyl (C=O) groups is 1. The molecule has 0 amide bonds. The maximum atomic E-state index is 13.0. The number of fused-ring (bicyclic) bond motifs is 1. The van der Waals surface area contributed by atoms with Gasteiger partial charge in [0.15, 0.2) is 0 Å². The maximum absolute atomic E-state index is 13.0. The van der Waals surface area contributed by atoms with E-state index in [1.54, 1.807) is 6.07 Å². The Kier molecular flexibility index (Phi) is 4.17. The molecular weight excluding hydrogens is 300 g/mol. The van der Waals surface area contributed by atoms with Crippen LogP contribution < -0.4 is 5.73 Å². The number of esters is 1. The van der Waals surface area contributed by atoms with E-state index in [-0.39, 0.29) is 11.4 Å². The van der Waals surface area contributed by atoms with E-state index in [0.717, 1.165) is 30.4 Å². The molecular formula is C20H26N2O2. The molecule has 1 fully saturated rings. The number of carbonyl (C=O) groups excluding carboxylic acids is 1. The van der Waals surface area contributed by atoms with Crippen LogP contribution in [0.25, 0.3) is 0 Å². The molecule has 0 aromatic heterocycles. The molecule has 0 heterocycles. The van der Waals surface area contributed by atoms with E-state index in [2.05, 4.69) is 19.9 Å². The number of rotatable bonds is 2. The first-order valence-corrected chi connectivity index (χ1v) is 8.86. The molecule has 2 aliphatic rings. The highest BCUT2D eigenvalue weighted by Crippen LogP contribution is 2.59. The van der Waals surface area contributed by atoms with Crippen LogP contribution in [0, 0.1) is 28.6 Å². The minimum atomic E-state index is -1.16. The topological polar surface area (TPSA) is 76.1 Å². The zero-order chi connectivity index (χ0) is 17.5. The normalized spacial score (nSPS) is 34.6. The number of hydrogen-bond donors (Lipinski definition) is 1. The fraction of sp³-hybridized carbons (Fsp3) is 0.600. The predicted octanol–water partition coefficient (Wildman–Crippen LogP) is 3.27. The molecule has 3 rings (SSSR count). The molecule has 0 aliphatic heterocycles. The first-order chi connectivity index (χ1) is 11.4. The summed E-state index contributed by atoms with van der Waals surface area (Å²) in [6.07, 6.45) is 3.80. The summed E-state index contributed by atoms with van der Waals surface area (Å²) in [6, 6.07) is 7.75. The van der Waals surface area contributed by atoms with Crippen molar-refractivity contribution in [3.63, 3.8) is 0 Å². The zero-order valence-electron chi connectivity index (χ0n) is 14.8. The molecule has 4 heteroatoms. The van der Waals surface area contributed by atoms with Crippen LogP contribution in [0.2, 0.25) is 0 Å². The van der Waals surface area contributed by atoms with Crippen LogP contribution in [0.3, 0.4) is 0 Å². The molecule has 1 aromatic rings. The summed E-state index contributed by atoms with van der Waals surface area (Å²) in [7, 11) is 0. The Morgan fingerprint density at radius 1 is 1.38 bits per heavy atom. The number of hydrogen-bond acceptors (Lipinski definition) is 4. The van der Waals surface area contributed by atoms with Gasteiger partial charge < -0.3 is 10.5 Å². The average Bonchev–Trinajstić information content (AvgIpc) is 2.75. The van der Waals surface area contributed by atoms with Gasteiger partial charge in [0.25, 0.3) is 0 Å². The third-order valence-corrected chi connectivity index (χ3v) is 5.91. The Morgan fingerprint density at radius 2 is 2.04 bits per heavy atom. The van der Waals surface area contributed by atoms with Gasteiger partial charge in [-0.3, -0.25) is 0 Å². The lowest BCUT2D eigenvalue weighted by Gasteiger charge is -2.48. The van der Waals surface area contributed by atoms with Crippen LogP contribution in [0.4, 0.5) is 0 Å². The number of nitriles is 1. The van der Waals surface area contributed by atoms with E-state index < -0.39 is 5.54 Å². The number of ether oxygens (including phenoxy) is 1. The third-order valence-electron chi connectivity index (χ3n) is 5.91. The van der Waals surface area contributed by atoms with Gasteiger partial charge in [0, 0.05) is 5.41 Å². The maximum Gasteiger partial charge on any atom is 0.331 e. The van der Waals surface area contributed by atoms with Crippen molar-refractivity contribution in [1.82, 2.24) is 0 Å². The molecule has 128 valence electrons. The van der Waals surface area contributed by atoms with Crippen molar-refractivity contribution in [2.45, 2.75) is 52.0 Å². The fourth-order valence-corrected chi connectivity index (χ4v) is 5.27. The largest absolute Gasteiger partial charge is 0.464 e. The highest BCUT2D eigenvalue weighted by atomic mass is 16.5. The van der Waals surface area contributed by atoms with E-state index >= 15 is 0 Å². The minimum absolute atomic E-state index is 0.312. The molecule has 0 saturated heterocycles. The van der Waals surface area contributed by atoms with Crippen LogP contribution in [0.1, 0.15) is 56.7 Å². The molecule has 1 saturated carbocycles. The fourth-order valence-electron chi connectivity index (χ4n) is 5.27. The molecule has 3 unspecified atom stereocenters. The van der Waals surface area contributed by atoms with Gasteiger partial charge in [-0.25, -0.2) is 4.79 Å². The summed E-state index contributed by atoms with van der Waals surface area (Å²) in [4.78, 5) is 13.0. The number of benzene rings is 1. The SMILES string of the molecule is CCOC(=O)C1(N)c2cc(C#N)ccc2CC12CC(C)CC(C)C2. The number of nitrogens with two attached hydrogens (primary N) is 1. The average molecular weight is 326 g/mol. The van der Waals surface area contributed by atoms with E-state index in [1.165, 1.54) is 6.42 Å². The molecule has 3 atom stereocenters. The number of nitrogens with zero attached hydrogens (tertiary/aromatic N) is 1. The molecule has 2 N–H and O–H groups in total. The Hall–Kier alpha value is -1.86. The van der Waals surface area contributed by atoms with Crippen molar-refractivity contribution in [2.24, 2.45) is 23.0 Å². The van der Waals surface area contributed by atoms with Crippen LogP contribution in [0.15, 0.2) is 18.2 Å². The summed E-state index contributed by atoms with van der Waals surface area (Å²) in [6.45, 7) is 6.60. The molecule has 24 heavy (non-hydrogen) atoms. The molecule has 1 aromatic carbocycles. The summed E-state index contributed by atoms with van der Waals surface area (Å²) in [5.41, 5.74) is 7.83. The molecule has 1 spiro atoms. The highest BCUT2D eigenvalue weighted by molar-refractivity contribution is 5.86. The van der Waals surface area contributed by atoms with E-state index in [9.17, 15) is 10.1 Å². The smallest absolute Gasteiger partial charge is 0.331 e. The van der Waals surface area contributed by atoms with E-state index in [1.807, 2.05) is 19.1 Å². The first kappa shape index (κ1) is 17.0. The lowest BCUT2D eigenvalue weighted by molar-refractivity contribution is -0.158. The van der Waals surface area contributed by atoms with Crippen LogP contribution >= 0.6 is 0 Å². The summed E-state index contributed by atoms with van der Waals surface area (Å²) in [5.74, 6) is 0.701. The lowest BCUT2D eigenvalue weighted by Crippen LogP contribution is -2.58. The quantitative estimate of drug-likeness (QED) is 0.846. The summed E-state index contributed by atoms with van der Waals surface area (Å²) >= 11 is 0. The van der Waals surface area contributed by atoms with Gasteiger partial charge in [-0.1, -0.05) is 19.9 Å². The molecule has 2 aliphatic carbocycles. The second-order valence-corrected chi connectivity index (χ2v) is 7.82. The van der Waals surface area contributed by atoms with Gasteiger partial charge in [0.05, 0.1) is 18.2 Å². The van der Waals surface area contributed by atoms with Crippen LogP contribution in [-0.2, 0) is 21.5 Å². The van der Waals surface area contributed by atoms with Crippen molar-refractivity contribution in [1.29, 1.82) is 5.26 Å². The Balaban J connectivity index is 2.17. The van der Waals surface area contributed by atoms with Crippen molar-refractivity contribution in [2.75, 3.05) is 6.61 Å². The lowest BCUT2D eigenvalue weighted by atomic mass is 9.57. The molecule has 0 bridgehead atoms. The Labute approximate surface area is 144 Å². The van der Waals surface area contributed by atoms with Gasteiger partial charge in [-0.2, -0.15) is 5.26 Å². The van der Waals surface area contributed by atoms with Crippen molar-refractivity contribution < 1.29 is 9.53 Å². The molecule has 0 radical (unpaired) electrons. The second kappa shape index (κ2) is 5.89. The van der Waals surface area contributed by atoms with Gasteiger partial charge in [0.1, 0.15) is 5.54 Å². The molecule has 4 nitrogen and oxygen atoms in total. The van der Waals surface area contributed by atoms with Gasteiger partial charge in [-0.15, -0.1) is 0 Å². The minimum Gasteiger partial charge on any atom is -0.464 e. The zero-order valence-corrected chi connectivity index (χ0v) is 14.8. The monoisotopic (exact) mass is 326 g/mol. The van der Waals surface area contributed by atoms with Gasteiger partial charge >= 0.3 is 5.97 Å². The van der Waals surface area contributed by atoms with Crippen LogP contribution in [-0.4, -0.2) is 12.6 Å². The Morgan fingerprint density at radius 3 is 2.62 bits per heavy atom. The predicted molar refractivity (Wildman–Crippen MR) is 92.0 cm³/mol. The second-order valence-electron chi connectivity index (χ2n) is 7.82. The van der Waals surface area contributed by atoms with Crippen LogP contribution in [0.5, 0.6) is 0 Å². The van der Waals surface area contributed by atoms with Gasteiger partial charge in [0.2, 0.25) is 0 Å². The standard InChI is InChI=1S/C20H26N2O2/c1-4-24-18(23)20(22)17-8-15(12-21)5-6-16(17)11-19(20)9-13(2)7-14(3)10-19/h5-6,8,13-14H,4,7,9-11,22H2,1-3H3. The summed E-state index contributed by atoms with van der Waals surface area (Å²) in [5, 5.41) is 9.26. The first-order valence-electron chi connectivity index (χ1n) is 8.86. The van der Waals surface area contributed by atoms with Crippen molar-refractivity contribution >= 4 is 5.97 Å². The van der Waals surface area contributed by atoms with Crippen molar-refractivity contribution in [3.8, 4) is 6.07 Å². The van der Waals surface area contributed by atoms with E-state index in [4.69, 9.17) is 10.5 Å². The third kappa shape index (κ3) is 2.34. The summed E-state index contributed by atoms with van der Waals surface area (Å²) < 4.78 is 5.41. The Bertz CT molecular complexity index is 696. The van der Waals surface area contributed by atoms with Crippen molar-refractivity contribution in [3.05, 3.63) is 34.9 Å².